The summed E-state index contributed by atoms with van der Waals surface area (Å²) in [5.74, 6) is 0.919. The van der Waals surface area contributed by atoms with Crippen molar-refractivity contribution in [3.8, 4) is 11.5 Å². The van der Waals surface area contributed by atoms with Gasteiger partial charge in [-0.2, -0.15) is 0 Å². The van der Waals surface area contributed by atoms with Gasteiger partial charge in [0.1, 0.15) is 21.8 Å². The number of methoxy groups -OCH3 is 2. The molecule has 1 atom stereocenters. The van der Waals surface area contributed by atoms with Crippen LogP contribution < -0.4 is 15.2 Å². The number of halogens is 2. The van der Waals surface area contributed by atoms with E-state index in [2.05, 4.69) is 15.9 Å². The lowest BCUT2D eigenvalue weighted by Gasteiger charge is -2.18. The van der Waals surface area contributed by atoms with Gasteiger partial charge in [-0.05, 0) is 45.8 Å². The lowest BCUT2D eigenvalue weighted by molar-refractivity contribution is 0.385. The molecule has 0 bridgehead atoms. The average molecular weight is 340 g/mol. The van der Waals surface area contributed by atoms with Crippen LogP contribution in [0.1, 0.15) is 17.2 Å². The third-order valence-corrected chi connectivity index (χ3v) is 3.81. The molecule has 0 spiro atoms. The van der Waals surface area contributed by atoms with Crippen LogP contribution in [0.3, 0.4) is 0 Å². The van der Waals surface area contributed by atoms with Crippen LogP contribution in [-0.2, 0) is 0 Å². The minimum absolute atomic E-state index is 0.315. The van der Waals surface area contributed by atoms with Crippen molar-refractivity contribution in [2.24, 2.45) is 5.73 Å². The van der Waals surface area contributed by atoms with Crippen molar-refractivity contribution in [3.63, 3.8) is 0 Å². The Balaban J connectivity index is 2.49. The van der Waals surface area contributed by atoms with Gasteiger partial charge in [0.05, 0.1) is 20.3 Å². The van der Waals surface area contributed by atoms with Gasteiger partial charge in [-0.3, -0.25) is 0 Å². The molecule has 0 saturated carbocycles. The molecule has 2 rings (SSSR count). The van der Waals surface area contributed by atoms with Gasteiger partial charge in [0.2, 0.25) is 0 Å². The predicted molar refractivity (Wildman–Crippen MR) is 79.7 cm³/mol. The number of hydrogen-bond acceptors (Lipinski definition) is 3. The number of nitrogens with two attached hydrogens (primary N) is 1. The summed E-state index contributed by atoms with van der Waals surface area (Å²) in [4.78, 5) is 0. The second-order valence-corrected chi connectivity index (χ2v) is 5.03. The van der Waals surface area contributed by atoms with Crippen LogP contribution in [-0.4, -0.2) is 14.2 Å². The van der Waals surface area contributed by atoms with E-state index in [1.54, 1.807) is 32.4 Å². The van der Waals surface area contributed by atoms with Crippen LogP contribution in [0.25, 0.3) is 0 Å². The van der Waals surface area contributed by atoms with E-state index in [0.29, 0.717) is 21.5 Å². The van der Waals surface area contributed by atoms with E-state index in [9.17, 15) is 4.39 Å². The lowest BCUT2D eigenvalue weighted by atomic mass is 9.98. The van der Waals surface area contributed by atoms with Gasteiger partial charge in [0.25, 0.3) is 0 Å². The summed E-state index contributed by atoms with van der Waals surface area (Å²) < 4.78 is 24.6. The highest BCUT2D eigenvalue weighted by Crippen LogP contribution is 2.40. The van der Waals surface area contributed by atoms with Crippen molar-refractivity contribution in [2.75, 3.05) is 14.2 Å². The van der Waals surface area contributed by atoms with Crippen molar-refractivity contribution < 1.29 is 13.9 Å². The van der Waals surface area contributed by atoms with Gasteiger partial charge < -0.3 is 15.2 Å². The molecule has 0 aliphatic heterocycles. The van der Waals surface area contributed by atoms with E-state index in [4.69, 9.17) is 15.2 Å². The Bertz CT molecular complexity index is 619. The second-order valence-electron chi connectivity index (χ2n) is 4.24. The van der Waals surface area contributed by atoms with Crippen molar-refractivity contribution >= 4 is 15.9 Å². The minimum Gasteiger partial charge on any atom is -0.495 e. The normalized spacial score (nSPS) is 12.1. The molecule has 0 aliphatic rings. The Morgan fingerprint density at radius 2 is 1.90 bits per heavy atom. The van der Waals surface area contributed by atoms with Gasteiger partial charge in [-0.15, -0.1) is 0 Å². The first-order valence-electron chi connectivity index (χ1n) is 6.00. The molecule has 106 valence electrons. The fourth-order valence-corrected chi connectivity index (χ4v) is 2.73. The molecule has 0 amide bonds. The molecule has 0 heterocycles. The summed E-state index contributed by atoms with van der Waals surface area (Å²) in [7, 11) is 3.13. The first-order chi connectivity index (χ1) is 9.58. The SMILES string of the molecule is COc1ccc(C(N)c2cccc(F)c2)c(OC)c1Br. The summed E-state index contributed by atoms with van der Waals surface area (Å²) in [6.07, 6.45) is 0. The molecule has 3 nitrogen and oxygen atoms in total. The van der Waals surface area contributed by atoms with Crippen LogP contribution >= 0.6 is 15.9 Å². The summed E-state index contributed by atoms with van der Waals surface area (Å²) in [6, 6.07) is 9.35. The topological polar surface area (TPSA) is 44.5 Å². The first-order valence-corrected chi connectivity index (χ1v) is 6.79. The largest absolute Gasteiger partial charge is 0.495 e. The van der Waals surface area contributed by atoms with E-state index in [1.165, 1.54) is 12.1 Å². The molecule has 0 radical (unpaired) electrons. The Hall–Kier alpha value is -1.59. The molecule has 2 aromatic carbocycles. The fourth-order valence-electron chi connectivity index (χ4n) is 2.04. The molecule has 1 unspecified atom stereocenters. The zero-order chi connectivity index (χ0) is 14.7. The molecule has 2 N–H and O–H groups in total. The maximum Gasteiger partial charge on any atom is 0.141 e. The van der Waals surface area contributed by atoms with Crippen LogP contribution in [0.4, 0.5) is 4.39 Å². The van der Waals surface area contributed by atoms with Gasteiger partial charge >= 0.3 is 0 Å². The third kappa shape index (κ3) is 2.78. The number of ether oxygens (including phenoxy) is 2. The van der Waals surface area contributed by atoms with Crippen molar-refractivity contribution in [1.29, 1.82) is 0 Å². The Morgan fingerprint density at radius 1 is 1.15 bits per heavy atom. The van der Waals surface area contributed by atoms with Crippen molar-refractivity contribution in [1.82, 2.24) is 0 Å². The Labute approximate surface area is 125 Å². The summed E-state index contributed by atoms with van der Waals surface area (Å²) in [5, 5.41) is 0. The van der Waals surface area contributed by atoms with Crippen molar-refractivity contribution in [2.45, 2.75) is 6.04 Å². The molecular formula is C15H15BrFNO2. The van der Waals surface area contributed by atoms with Gasteiger partial charge in [0, 0.05) is 5.56 Å². The Kier molecular flexibility index (Phi) is 4.62. The highest BCUT2D eigenvalue weighted by atomic mass is 79.9. The standard InChI is InChI=1S/C15H15BrFNO2/c1-19-12-7-6-11(15(20-2)13(12)16)14(18)9-4-3-5-10(17)8-9/h3-8,14H,18H2,1-2H3. The lowest BCUT2D eigenvalue weighted by Crippen LogP contribution is -2.13. The first kappa shape index (κ1) is 14.8. The molecule has 0 fully saturated rings. The number of rotatable bonds is 4. The second kappa shape index (κ2) is 6.24. The zero-order valence-corrected chi connectivity index (χ0v) is 12.8. The van der Waals surface area contributed by atoms with Gasteiger partial charge in [0.15, 0.2) is 0 Å². The highest BCUT2D eigenvalue weighted by molar-refractivity contribution is 9.10. The van der Waals surface area contributed by atoms with E-state index in [1.807, 2.05) is 6.07 Å². The zero-order valence-electron chi connectivity index (χ0n) is 11.2. The van der Waals surface area contributed by atoms with Gasteiger partial charge in [-0.1, -0.05) is 12.1 Å². The highest BCUT2D eigenvalue weighted by Gasteiger charge is 2.19. The smallest absolute Gasteiger partial charge is 0.141 e. The minimum atomic E-state index is -0.483. The molecule has 0 aliphatic carbocycles. The molecular weight excluding hydrogens is 325 g/mol. The maximum atomic E-state index is 13.3. The van der Waals surface area contributed by atoms with Crippen molar-refractivity contribution in [3.05, 3.63) is 57.8 Å². The quantitative estimate of drug-likeness (QED) is 0.924. The van der Waals surface area contributed by atoms with E-state index < -0.39 is 6.04 Å². The molecule has 0 aromatic heterocycles. The van der Waals surface area contributed by atoms with Crippen LogP contribution in [0, 0.1) is 5.82 Å². The molecule has 0 saturated heterocycles. The van der Waals surface area contributed by atoms with Gasteiger partial charge in [-0.25, -0.2) is 4.39 Å². The third-order valence-electron chi connectivity index (χ3n) is 3.06. The Morgan fingerprint density at radius 3 is 2.50 bits per heavy atom. The van der Waals surface area contributed by atoms with Crippen LogP contribution in [0.5, 0.6) is 11.5 Å². The predicted octanol–water partition coefficient (Wildman–Crippen LogP) is 3.65. The molecule has 2 aromatic rings. The average Bonchev–Trinajstić information content (AvgIpc) is 2.46. The van der Waals surface area contributed by atoms with E-state index >= 15 is 0 Å². The maximum absolute atomic E-state index is 13.3. The van der Waals surface area contributed by atoms with E-state index in [0.717, 1.165) is 5.56 Å². The fraction of sp³-hybridized carbons (Fsp3) is 0.200. The summed E-state index contributed by atoms with van der Waals surface area (Å²) in [5.41, 5.74) is 7.65. The van der Waals surface area contributed by atoms with Crippen LogP contribution in [0.15, 0.2) is 40.9 Å². The number of hydrogen-bond donors (Lipinski definition) is 1. The van der Waals surface area contributed by atoms with Crippen LogP contribution in [0.2, 0.25) is 0 Å². The number of benzene rings is 2. The molecule has 20 heavy (non-hydrogen) atoms. The monoisotopic (exact) mass is 339 g/mol. The molecule has 5 heteroatoms. The summed E-state index contributed by atoms with van der Waals surface area (Å²) in [6.45, 7) is 0. The summed E-state index contributed by atoms with van der Waals surface area (Å²) >= 11 is 3.43. The van der Waals surface area contributed by atoms with E-state index in [-0.39, 0.29) is 5.82 Å².